The van der Waals surface area contributed by atoms with Crippen molar-refractivity contribution in [1.29, 1.82) is 0 Å². The van der Waals surface area contributed by atoms with Gasteiger partial charge in [-0.3, -0.25) is 9.59 Å². The fourth-order valence-corrected chi connectivity index (χ4v) is 4.49. The van der Waals surface area contributed by atoms with Gasteiger partial charge in [-0.25, -0.2) is 0 Å². The summed E-state index contributed by atoms with van der Waals surface area (Å²) in [7, 11) is 0. The Bertz CT molecular complexity index is 689. The second-order valence-electron chi connectivity index (χ2n) is 10.4. The maximum absolute atomic E-state index is 12.3. The zero-order chi connectivity index (χ0) is 27.5. The summed E-state index contributed by atoms with van der Waals surface area (Å²) in [5, 5.41) is 38.9. The molecule has 0 aromatic rings. The Hall–Kier alpha value is -1.34. The van der Waals surface area contributed by atoms with Crippen molar-refractivity contribution in [2.75, 3.05) is 0 Å². The summed E-state index contributed by atoms with van der Waals surface area (Å²) in [5.41, 5.74) is 0. The molecule has 0 aliphatic carbocycles. The number of rotatable bonds is 15. The number of carboxylic acid groups (broad SMARTS) is 1. The number of hydrogen-bond donors (Lipinski definition) is 4. The lowest BCUT2D eigenvalue weighted by molar-refractivity contribution is -0.276. The zero-order valence-electron chi connectivity index (χ0n) is 22.5. The first-order valence-corrected chi connectivity index (χ1v) is 13.5. The Balaban J connectivity index is 1.61. The average Bonchev–Trinajstić information content (AvgIpc) is 2.81. The third kappa shape index (κ3) is 11.5. The number of aliphatic hydroxyl groups is 3. The van der Waals surface area contributed by atoms with E-state index in [4.69, 9.17) is 28.8 Å². The number of hydrogen-bond acceptors (Lipinski definition) is 10. The molecular formula is C26H46O11. The minimum absolute atomic E-state index is 0.122. The Kier molecular flexibility index (Phi) is 13.7. The summed E-state index contributed by atoms with van der Waals surface area (Å²) in [6.07, 6.45) is -1.21. The number of aliphatic carboxylic acids is 1. The lowest BCUT2D eigenvalue weighted by Crippen LogP contribution is -2.49. The number of aliphatic hydroxyl groups excluding tert-OH is 3. The Labute approximate surface area is 219 Å². The number of carbonyl (C=O) groups excluding carboxylic acids is 1. The van der Waals surface area contributed by atoms with Gasteiger partial charge >= 0.3 is 11.9 Å². The molecule has 2 aliphatic heterocycles. The summed E-state index contributed by atoms with van der Waals surface area (Å²) in [4.78, 5) is 22.9. The standard InChI is InChI=1S/C26H46O11/c1-15(9-5-7-11-23(30)31)34-26-21(29)14-22(18(4)36-26)37-24(32)12-8-6-10-16(2)33-25-20(28)13-19(27)17(3)35-25/h15-22,25-29H,5-14H2,1-4H3,(H,30,31)/t15?,16?,17-,18-,19+,20+,21+,22+,25+,26+/m0/s1. The van der Waals surface area contributed by atoms with Crippen LogP contribution in [-0.2, 0) is 33.3 Å². The number of esters is 1. The predicted molar refractivity (Wildman–Crippen MR) is 131 cm³/mol. The third-order valence-electron chi connectivity index (χ3n) is 6.86. The molecule has 11 heteroatoms. The van der Waals surface area contributed by atoms with Gasteiger partial charge in [0.25, 0.3) is 0 Å². The van der Waals surface area contributed by atoms with Crippen LogP contribution in [0.2, 0.25) is 0 Å². The summed E-state index contributed by atoms with van der Waals surface area (Å²) in [6, 6.07) is 0. The second-order valence-corrected chi connectivity index (χ2v) is 10.4. The topological polar surface area (TPSA) is 161 Å². The SMILES string of the molecule is CC(CCCCC(=O)O[C@@H]1C[C@@H](O)[C@H](OC(C)CCCCC(=O)O)O[C@H]1C)O[C@@H]1O[C@@H](C)[C@H](O)C[C@H]1O. The van der Waals surface area contributed by atoms with Crippen molar-refractivity contribution in [2.24, 2.45) is 0 Å². The number of ether oxygens (including phenoxy) is 5. The highest BCUT2D eigenvalue weighted by Crippen LogP contribution is 2.26. The van der Waals surface area contributed by atoms with Gasteiger partial charge < -0.3 is 44.1 Å². The predicted octanol–water partition coefficient (Wildman–Crippen LogP) is 2.27. The van der Waals surface area contributed by atoms with Crippen molar-refractivity contribution in [2.45, 2.75) is 153 Å². The Morgan fingerprint density at radius 3 is 1.86 bits per heavy atom. The molecule has 0 spiro atoms. The van der Waals surface area contributed by atoms with Gasteiger partial charge in [0.2, 0.25) is 0 Å². The molecule has 2 heterocycles. The molecule has 2 aliphatic rings. The molecule has 10 atom stereocenters. The monoisotopic (exact) mass is 534 g/mol. The van der Waals surface area contributed by atoms with E-state index in [-0.39, 0.29) is 43.9 Å². The van der Waals surface area contributed by atoms with E-state index in [9.17, 15) is 24.9 Å². The van der Waals surface area contributed by atoms with Crippen LogP contribution < -0.4 is 0 Å². The highest BCUT2D eigenvalue weighted by Gasteiger charge is 2.38. The lowest BCUT2D eigenvalue weighted by atomic mass is 10.0. The number of carbonyl (C=O) groups is 2. The molecule has 2 unspecified atom stereocenters. The van der Waals surface area contributed by atoms with E-state index < -0.39 is 55.2 Å². The van der Waals surface area contributed by atoms with Crippen LogP contribution in [0.15, 0.2) is 0 Å². The zero-order valence-corrected chi connectivity index (χ0v) is 22.5. The van der Waals surface area contributed by atoms with Gasteiger partial charge in [0.1, 0.15) is 18.3 Å². The van der Waals surface area contributed by atoms with Crippen molar-refractivity contribution in [3.05, 3.63) is 0 Å². The van der Waals surface area contributed by atoms with E-state index in [1.54, 1.807) is 13.8 Å². The fraction of sp³-hybridized carbons (Fsp3) is 0.923. The summed E-state index contributed by atoms with van der Waals surface area (Å²) in [6.45, 7) is 7.25. The third-order valence-corrected chi connectivity index (χ3v) is 6.86. The molecule has 0 amide bonds. The van der Waals surface area contributed by atoms with Gasteiger partial charge in [-0.05, 0) is 53.4 Å². The van der Waals surface area contributed by atoms with Gasteiger partial charge in [0.15, 0.2) is 12.6 Å². The highest BCUT2D eigenvalue weighted by atomic mass is 16.7. The molecule has 0 aromatic carbocycles. The molecule has 2 rings (SSSR count). The van der Waals surface area contributed by atoms with E-state index in [1.807, 2.05) is 13.8 Å². The van der Waals surface area contributed by atoms with E-state index in [2.05, 4.69) is 0 Å². The maximum Gasteiger partial charge on any atom is 0.306 e. The first kappa shape index (κ1) is 31.9. The van der Waals surface area contributed by atoms with Gasteiger partial charge in [0, 0.05) is 25.7 Å². The molecule has 216 valence electrons. The molecule has 0 aromatic heterocycles. The van der Waals surface area contributed by atoms with E-state index in [0.29, 0.717) is 32.1 Å². The van der Waals surface area contributed by atoms with Crippen molar-refractivity contribution in [3.8, 4) is 0 Å². The molecule has 0 bridgehead atoms. The highest BCUT2D eigenvalue weighted by molar-refractivity contribution is 5.69. The van der Waals surface area contributed by atoms with Gasteiger partial charge in [-0.1, -0.05) is 12.8 Å². The normalized spacial score (nSPS) is 34.0. The maximum atomic E-state index is 12.3. The van der Waals surface area contributed by atoms with Crippen LogP contribution >= 0.6 is 0 Å². The van der Waals surface area contributed by atoms with Crippen LogP contribution in [0.1, 0.15) is 91.9 Å². The van der Waals surface area contributed by atoms with Crippen molar-refractivity contribution < 1.29 is 53.7 Å². The van der Waals surface area contributed by atoms with E-state index in [1.165, 1.54) is 0 Å². The molecule has 0 saturated carbocycles. The van der Waals surface area contributed by atoms with Crippen LogP contribution in [0.4, 0.5) is 0 Å². The Morgan fingerprint density at radius 1 is 0.784 bits per heavy atom. The molecule has 2 saturated heterocycles. The Morgan fingerprint density at radius 2 is 1.30 bits per heavy atom. The second kappa shape index (κ2) is 15.9. The number of unbranched alkanes of at least 4 members (excludes halogenated alkanes) is 2. The molecule has 4 N–H and O–H groups in total. The van der Waals surface area contributed by atoms with Crippen molar-refractivity contribution in [3.63, 3.8) is 0 Å². The van der Waals surface area contributed by atoms with E-state index in [0.717, 1.165) is 6.42 Å². The van der Waals surface area contributed by atoms with Crippen LogP contribution in [0.5, 0.6) is 0 Å². The summed E-state index contributed by atoms with van der Waals surface area (Å²) >= 11 is 0. The molecule has 37 heavy (non-hydrogen) atoms. The average molecular weight is 535 g/mol. The molecule has 0 radical (unpaired) electrons. The smallest absolute Gasteiger partial charge is 0.306 e. The van der Waals surface area contributed by atoms with Crippen molar-refractivity contribution in [1.82, 2.24) is 0 Å². The van der Waals surface area contributed by atoms with Gasteiger partial charge in [-0.15, -0.1) is 0 Å². The van der Waals surface area contributed by atoms with Gasteiger partial charge in [-0.2, -0.15) is 0 Å². The minimum Gasteiger partial charge on any atom is -0.481 e. The largest absolute Gasteiger partial charge is 0.481 e. The number of carboxylic acids is 1. The molecule has 2 fully saturated rings. The van der Waals surface area contributed by atoms with Crippen LogP contribution in [0.25, 0.3) is 0 Å². The molecule has 11 nitrogen and oxygen atoms in total. The summed E-state index contributed by atoms with van der Waals surface area (Å²) in [5.74, 6) is -1.18. The lowest BCUT2D eigenvalue weighted by Gasteiger charge is -2.38. The minimum atomic E-state index is -0.936. The molecular weight excluding hydrogens is 488 g/mol. The quantitative estimate of drug-likeness (QED) is 0.180. The van der Waals surface area contributed by atoms with Crippen LogP contribution in [0.3, 0.4) is 0 Å². The first-order chi connectivity index (χ1) is 17.5. The van der Waals surface area contributed by atoms with E-state index >= 15 is 0 Å². The summed E-state index contributed by atoms with van der Waals surface area (Å²) < 4.78 is 28.4. The first-order valence-electron chi connectivity index (χ1n) is 13.5. The van der Waals surface area contributed by atoms with Gasteiger partial charge in [0.05, 0.1) is 30.5 Å². The van der Waals surface area contributed by atoms with Crippen molar-refractivity contribution >= 4 is 11.9 Å². The van der Waals surface area contributed by atoms with Crippen LogP contribution in [0, 0.1) is 0 Å². The fourth-order valence-electron chi connectivity index (χ4n) is 4.49. The van der Waals surface area contributed by atoms with Crippen LogP contribution in [-0.4, -0.2) is 93.8 Å².